The SMILES string of the molecule is CC(C)CC(N)C(=O)NC(Cc1c[nH]c2ccccc12)C(=O)NC(CC(C)C)C(=O)NC(CC(=O)O)C(=O)O. The molecular formula is C27H39N5O7. The van der Waals surface area contributed by atoms with Crippen LogP contribution in [0.15, 0.2) is 30.5 Å². The number of hydrogen-bond donors (Lipinski definition) is 7. The molecule has 1 aromatic carbocycles. The molecule has 8 N–H and O–H groups in total. The van der Waals surface area contributed by atoms with Crippen LogP contribution >= 0.6 is 0 Å². The molecule has 39 heavy (non-hydrogen) atoms. The summed E-state index contributed by atoms with van der Waals surface area (Å²) < 4.78 is 0. The number of carbonyl (C=O) groups excluding carboxylic acids is 3. The van der Waals surface area contributed by atoms with Gasteiger partial charge in [0.25, 0.3) is 0 Å². The lowest BCUT2D eigenvalue weighted by atomic mass is 9.99. The Morgan fingerprint density at radius 1 is 0.821 bits per heavy atom. The highest BCUT2D eigenvalue weighted by Gasteiger charge is 2.32. The van der Waals surface area contributed by atoms with Crippen LogP contribution in [0.5, 0.6) is 0 Å². The largest absolute Gasteiger partial charge is 0.481 e. The molecule has 0 aliphatic carbocycles. The molecular weight excluding hydrogens is 506 g/mol. The summed E-state index contributed by atoms with van der Waals surface area (Å²) in [6.07, 6.45) is 1.58. The number of nitrogens with one attached hydrogen (secondary N) is 4. The second-order valence-corrected chi connectivity index (χ2v) is 10.5. The number of amides is 3. The second kappa shape index (κ2) is 14.3. The van der Waals surface area contributed by atoms with E-state index in [0.29, 0.717) is 6.42 Å². The fraction of sp³-hybridized carbons (Fsp3) is 0.519. The van der Waals surface area contributed by atoms with Gasteiger partial charge >= 0.3 is 11.9 Å². The van der Waals surface area contributed by atoms with E-state index in [1.807, 2.05) is 52.0 Å². The number of nitrogens with two attached hydrogens (primary N) is 1. The van der Waals surface area contributed by atoms with Crippen LogP contribution in [0.4, 0.5) is 0 Å². The molecule has 12 nitrogen and oxygen atoms in total. The van der Waals surface area contributed by atoms with E-state index >= 15 is 0 Å². The van der Waals surface area contributed by atoms with E-state index in [4.69, 9.17) is 10.8 Å². The van der Waals surface area contributed by atoms with Gasteiger partial charge in [-0.1, -0.05) is 45.9 Å². The van der Waals surface area contributed by atoms with Crippen LogP contribution in [0.3, 0.4) is 0 Å². The first-order valence-electron chi connectivity index (χ1n) is 12.9. The molecule has 0 saturated carbocycles. The van der Waals surface area contributed by atoms with E-state index in [2.05, 4.69) is 20.9 Å². The number of aromatic nitrogens is 1. The minimum Gasteiger partial charge on any atom is -0.481 e. The average Bonchev–Trinajstić information content (AvgIpc) is 3.24. The molecule has 1 aromatic heterocycles. The number of carboxylic acids is 2. The minimum absolute atomic E-state index is 0.0788. The zero-order valence-electron chi connectivity index (χ0n) is 22.7. The Bertz CT molecular complexity index is 1180. The van der Waals surface area contributed by atoms with Crippen LogP contribution in [-0.2, 0) is 30.4 Å². The smallest absolute Gasteiger partial charge is 0.326 e. The number of hydrogen-bond acceptors (Lipinski definition) is 6. The van der Waals surface area contributed by atoms with Gasteiger partial charge in [-0.05, 0) is 36.3 Å². The van der Waals surface area contributed by atoms with Gasteiger partial charge in [0.2, 0.25) is 17.7 Å². The first-order chi connectivity index (χ1) is 18.3. The molecule has 0 saturated heterocycles. The molecule has 2 aromatic rings. The lowest BCUT2D eigenvalue weighted by Gasteiger charge is -2.26. The molecule has 12 heteroatoms. The fourth-order valence-corrected chi connectivity index (χ4v) is 4.25. The van der Waals surface area contributed by atoms with E-state index in [9.17, 15) is 29.1 Å². The van der Waals surface area contributed by atoms with Gasteiger partial charge in [0.1, 0.15) is 18.1 Å². The Morgan fingerprint density at radius 3 is 1.97 bits per heavy atom. The monoisotopic (exact) mass is 545 g/mol. The van der Waals surface area contributed by atoms with Gasteiger partial charge in [-0.15, -0.1) is 0 Å². The fourth-order valence-electron chi connectivity index (χ4n) is 4.25. The lowest BCUT2D eigenvalue weighted by Crippen LogP contribution is -2.58. The number of carbonyl (C=O) groups is 5. The van der Waals surface area contributed by atoms with Crippen molar-refractivity contribution in [2.24, 2.45) is 17.6 Å². The average molecular weight is 546 g/mol. The molecule has 3 amide bonds. The van der Waals surface area contributed by atoms with Gasteiger partial charge in [-0.2, -0.15) is 0 Å². The van der Waals surface area contributed by atoms with E-state index in [-0.39, 0.29) is 24.7 Å². The number of aliphatic carboxylic acids is 2. The maximum Gasteiger partial charge on any atom is 0.326 e. The number of aromatic amines is 1. The van der Waals surface area contributed by atoms with Crippen molar-refractivity contribution in [1.82, 2.24) is 20.9 Å². The highest BCUT2D eigenvalue weighted by Crippen LogP contribution is 2.19. The summed E-state index contributed by atoms with van der Waals surface area (Å²) in [5.74, 6) is -4.84. The third-order valence-corrected chi connectivity index (χ3v) is 6.13. The predicted octanol–water partition coefficient (Wildman–Crippen LogP) is 1.14. The summed E-state index contributed by atoms with van der Waals surface area (Å²) in [5, 5.41) is 26.7. The molecule has 4 atom stereocenters. The Labute approximate surface area is 227 Å². The van der Waals surface area contributed by atoms with Crippen molar-refractivity contribution in [3.05, 3.63) is 36.0 Å². The van der Waals surface area contributed by atoms with Crippen molar-refractivity contribution in [1.29, 1.82) is 0 Å². The summed E-state index contributed by atoms with van der Waals surface area (Å²) >= 11 is 0. The molecule has 214 valence electrons. The third kappa shape index (κ3) is 9.71. The van der Waals surface area contributed by atoms with Crippen molar-refractivity contribution in [3.8, 4) is 0 Å². The zero-order chi connectivity index (χ0) is 29.3. The van der Waals surface area contributed by atoms with Gasteiger partial charge in [-0.25, -0.2) is 4.79 Å². The molecule has 0 bridgehead atoms. The number of benzene rings is 1. The van der Waals surface area contributed by atoms with Gasteiger partial charge in [0.15, 0.2) is 0 Å². The number of para-hydroxylation sites is 1. The summed E-state index contributed by atoms with van der Waals surface area (Å²) in [6.45, 7) is 7.48. The molecule has 4 unspecified atom stereocenters. The lowest BCUT2D eigenvalue weighted by molar-refractivity contribution is -0.147. The van der Waals surface area contributed by atoms with Crippen molar-refractivity contribution < 1.29 is 34.2 Å². The predicted molar refractivity (Wildman–Crippen MR) is 145 cm³/mol. The highest BCUT2D eigenvalue weighted by molar-refractivity contribution is 5.95. The topological polar surface area (TPSA) is 204 Å². The molecule has 1 heterocycles. The summed E-state index contributed by atoms with van der Waals surface area (Å²) in [5.41, 5.74) is 7.67. The summed E-state index contributed by atoms with van der Waals surface area (Å²) in [7, 11) is 0. The summed E-state index contributed by atoms with van der Waals surface area (Å²) in [6, 6.07) is 2.71. The standard InChI is InChI=1S/C27H39N5O7/c1-14(2)9-18(28)24(35)30-21(11-16-13-29-19-8-6-5-7-17(16)19)26(37)31-20(10-15(3)4)25(36)32-22(27(38)39)12-23(33)34/h5-8,13-15,18,20-22,29H,9-12,28H2,1-4H3,(H,30,35)(H,31,37)(H,32,36)(H,33,34)(H,38,39). The first kappa shape index (κ1) is 31.3. The molecule has 0 spiro atoms. The normalized spacial score (nSPS) is 14.4. The molecule has 0 radical (unpaired) electrons. The quantitative estimate of drug-likeness (QED) is 0.172. The minimum atomic E-state index is -1.67. The van der Waals surface area contributed by atoms with E-state index < -0.39 is 60.2 Å². The summed E-state index contributed by atoms with van der Waals surface area (Å²) in [4.78, 5) is 65.0. The van der Waals surface area contributed by atoms with Crippen molar-refractivity contribution in [3.63, 3.8) is 0 Å². The first-order valence-corrected chi connectivity index (χ1v) is 12.9. The highest BCUT2D eigenvalue weighted by atomic mass is 16.4. The maximum atomic E-state index is 13.5. The number of carboxylic acid groups (broad SMARTS) is 2. The van der Waals surface area contributed by atoms with Gasteiger partial charge < -0.3 is 36.9 Å². The number of fused-ring (bicyclic) bond motifs is 1. The van der Waals surface area contributed by atoms with E-state index in [1.165, 1.54) is 0 Å². The number of H-pyrrole nitrogens is 1. The number of rotatable bonds is 15. The zero-order valence-corrected chi connectivity index (χ0v) is 22.7. The molecule has 0 fully saturated rings. The Balaban J connectivity index is 2.31. The Hall–Kier alpha value is -3.93. The van der Waals surface area contributed by atoms with Crippen LogP contribution in [0.2, 0.25) is 0 Å². The van der Waals surface area contributed by atoms with Crippen LogP contribution in [0.25, 0.3) is 10.9 Å². The van der Waals surface area contributed by atoms with Crippen LogP contribution in [0, 0.1) is 11.8 Å². The van der Waals surface area contributed by atoms with Crippen molar-refractivity contribution >= 4 is 40.6 Å². The third-order valence-electron chi connectivity index (χ3n) is 6.13. The van der Waals surface area contributed by atoms with Crippen molar-refractivity contribution in [2.75, 3.05) is 0 Å². The van der Waals surface area contributed by atoms with Gasteiger partial charge in [-0.3, -0.25) is 19.2 Å². The van der Waals surface area contributed by atoms with Crippen molar-refractivity contribution in [2.45, 2.75) is 77.5 Å². The molecule has 0 aliphatic heterocycles. The second-order valence-electron chi connectivity index (χ2n) is 10.5. The molecule has 0 aliphatic rings. The molecule has 2 rings (SSSR count). The van der Waals surface area contributed by atoms with Gasteiger partial charge in [0, 0.05) is 23.5 Å². The van der Waals surface area contributed by atoms with Crippen LogP contribution in [-0.4, -0.2) is 69.0 Å². The van der Waals surface area contributed by atoms with Crippen LogP contribution in [0.1, 0.15) is 52.5 Å². The Morgan fingerprint density at radius 2 is 1.38 bits per heavy atom. The van der Waals surface area contributed by atoms with E-state index in [1.54, 1.807) is 6.20 Å². The van der Waals surface area contributed by atoms with E-state index in [0.717, 1.165) is 16.5 Å². The van der Waals surface area contributed by atoms with Gasteiger partial charge in [0.05, 0.1) is 12.5 Å². The van der Waals surface area contributed by atoms with Crippen LogP contribution < -0.4 is 21.7 Å². The maximum absolute atomic E-state index is 13.5. The Kier molecular flexibility index (Phi) is 11.5.